The molecule has 0 rings (SSSR count). The quantitative estimate of drug-likeness (QED) is 0.0277. The van der Waals surface area contributed by atoms with Crippen LogP contribution in [0.15, 0.2) is 85.1 Å². The fourth-order valence-corrected chi connectivity index (χ4v) is 5.51. The number of ether oxygens (including phenoxy) is 2. The number of rotatable bonds is 36. The smallest absolute Gasteiger partial charge is 0.462 e. The summed E-state index contributed by atoms with van der Waals surface area (Å²) in [7, 11) is -4.40. The Labute approximate surface area is 322 Å². The van der Waals surface area contributed by atoms with Crippen molar-refractivity contribution < 1.29 is 37.6 Å². The van der Waals surface area contributed by atoms with Gasteiger partial charge in [0, 0.05) is 19.4 Å². The molecule has 0 saturated carbocycles. The Morgan fingerprint density at radius 3 is 1.43 bits per heavy atom. The first-order chi connectivity index (χ1) is 25.8. The van der Waals surface area contributed by atoms with Crippen LogP contribution in [-0.2, 0) is 32.7 Å². The fraction of sp³-hybridized carbons (Fsp3) is 0.628. The third kappa shape index (κ3) is 38.7. The highest BCUT2D eigenvalue weighted by molar-refractivity contribution is 7.47. The van der Waals surface area contributed by atoms with Crippen LogP contribution < -0.4 is 5.73 Å². The summed E-state index contributed by atoms with van der Waals surface area (Å²) in [5.74, 6) is -0.950. The van der Waals surface area contributed by atoms with Crippen LogP contribution in [0.25, 0.3) is 0 Å². The van der Waals surface area contributed by atoms with Gasteiger partial charge in [-0.3, -0.25) is 18.6 Å². The molecule has 0 aliphatic rings. The van der Waals surface area contributed by atoms with E-state index < -0.39 is 32.5 Å². The molecule has 3 N–H and O–H groups in total. The predicted octanol–water partition coefficient (Wildman–Crippen LogP) is 11.3. The molecule has 0 aromatic rings. The summed E-state index contributed by atoms with van der Waals surface area (Å²) in [6.07, 6.45) is 47.6. The molecule has 53 heavy (non-hydrogen) atoms. The number of phosphoric acid groups is 1. The van der Waals surface area contributed by atoms with E-state index in [0.29, 0.717) is 12.8 Å². The summed E-state index contributed by atoms with van der Waals surface area (Å²) in [4.78, 5) is 34.7. The number of unbranched alkanes of at least 4 members (excludes halogenated alkanes) is 9. The Morgan fingerprint density at radius 1 is 0.566 bits per heavy atom. The van der Waals surface area contributed by atoms with Gasteiger partial charge in [0.2, 0.25) is 0 Å². The van der Waals surface area contributed by atoms with Crippen molar-refractivity contribution in [3.63, 3.8) is 0 Å². The van der Waals surface area contributed by atoms with E-state index in [-0.39, 0.29) is 32.6 Å². The molecule has 0 bridgehead atoms. The highest BCUT2D eigenvalue weighted by atomic mass is 31.2. The van der Waals surface area contributed by atoms with E-state index in [1.54, 1.807) is 0 Å². The minimum Gasteiger partial charge on any atom is -0.462 e. The van der Waals surface area contributed by atoms with Gasteiger partial charge in [0.15, 0.2) is 6.10 Å². The van der Waals surface area contributed by atoms with Crippen LogP contribution in [-0.4, -0.2) is 49.3 Å². The summed E-state index contributed by atoms with van der Waals surface area (Å²) in [5.41, 5.74) is 5.33. The number of phosphoric ester groups is 1. The van der Waals surface area contributed by atoms with Crippen molar-refractivity contribution in [3.05, 3.63) is 85.1 Å². The highest BCUT2D eigenvalue weighted by Crippen LogP contribution is 2.43. The van der Waals surface area contributed by atoms with Gasteiger partial charge in [0.05, 0.1) is 13.2 Å². The van der Waals surface area contributed by atoms with Gasteiger partial charge in [-0.1, -0.05) is 125 Å². The van der Waals surface area contributed by atoms with E-state index in [4.69, 9.17) is 24.3 Å². The van der Waals surface area contributed by atoms with E-state index in [2.05, 4.69) is 92.8 Å². The third-order valence-electron chi connectivity index (χ3n) is 7.75. The Bertz CT molecular complexity index is 1140. The van der Waals surface area contributed by atoms with Crippen molar-refractivity contribution >= 4 is 19.8 Å². The molecule has 0 spiro atoms. The van der Waals surface area contributed by atoms with Gasteiger partial charge < -0.3 is 20.1 Å². The summed E-state index contributed by atoms with van der Waals surface area (Å²) in [6, 6.07) is 0. The zero-order valence-corrected chi connectivity index (χ0v) is 33.9. The van der Waals surface area contributed by atoms with Crippen LogP contribution in [0.5, 0.6) is 0 Å². The Kier molecular flexibility index (Phi) is 36.8. The van der Waals surface area contributed by atoms with Crippen molar-refractivity contribution in [1.82, 2.24) is 0 Å². The number of carbonyl (C=O) groups excluding carboxylic acids is 2. The second-order valence-corrected chi connectivity index (χ2v) is 14.2. The maximum atomic E-state index is 12.5. The Hall–Kier alpha value is -2.81. The number of allylic oxidation sites excluding steroid dienone is 14. The molecule has 302 valence electrons. The van der Waals surface area contributed by atoms with Gasteiger partial charge in [0.25, 0.3) is 0 Å². The number of hydrogen-bond acceptors (Lipinski definition) is 8. The minimum absolute atomic E-state index is 0.0355. The van der Waals surface area contributed by atoms with Gasteiger partial charge >= 0.3 is 19.8 Å². The molecule has 1 unspecified atom stereocenters. The molecule has 0 amide bonds. The zero-order chi connectivity index (χ0) is 38.9. The minimum atomic E-state index is -4.40. The molecule has 0 aliphatic carbocycles. The lowest BCUT2D eigenvalue weighted by molar-refractivity contribution is -0.161. The molecule has 10 heteroatoms. The summed E-state index contributed by atoms with van der Waals surface area (Å²) >= 11 is 0. The molecule has 0 aliphatic heterocycles. The molecule has 2 atom stereocenters. The highest BCUT2D eigenvalue weighted by Gasteiger charge is 2.25. The Balaban J connectivity index is 4.39. The predicted molar refractivity (Wildman–Crippen MR) is 219 cm³/mol. The van der Waals surface area contributed by atoms with Crippen LogP contribution in [0.1, 0.15) is 142 Å². The van der Waals surface area contributed by atoms with Gasteiger partial charge in [-0.25, -0.2) is 4.57 Å². The van der Waals surface area contributed by atoms with E-state index in [1.807, 2.05) is 6.08 Å². The molecule has 9 nitrogen and oxygen atoms in total. The molecule has 0 fully saturated rings. The van der Waals surface area contributed by atoms with Crippen molar-refractivity contribution in [2.45, 2.75) is 148 Å². The van der Waals surface area contributed by atoms with Crippen LogP contribution >= 0.6 is 7.82 Å². The molecular weight excluding hydrogens is 689 g/mol. The largest absolute Gasteiger partial charge is 0.472 e. The van der Waals surface area contributed by atoms with Gasteiger partial charge in [-0.2, -0.15) is 0 Å². The van der Waals surface area contributed by atoms with Crippen LogP contribution in [0.3, 0.4) is 0 Å². The molecular formula is C43H72NO8P. The lowest BCUT2D eigenvalue weighted by atomic mass is 10.1. The van der Waals surface area contributed by atoms with Crippen molar-refractivity contribution in [2.24, 2.45) is 5.73 Å². The van der Waals surface area contributed by atoms with Crippen molar-refractivity contribution in [1.29, 1.82) is 0 Å². The van der Waals surface area contributed by atoms with Crippen LogP contribution in [0, 0.1) is 0 Å². The van der Waals surface area contributed by atoms with Crippen LogP contribution in [0.2, 0.25) is 0 Å². The van der Waals surface area contributed by atoms with E-state index >= 15 is 0 Å². The standard InChI is InChI=1S/C43H72NO8P/c1-3-5-7-9-11-13-15-17-19-20-22-23-25-27-29-31-33-35-42(45)49-39-41(40-51-53(47,48)50-38-37-44)52-43(46)36-34-32-30-28-26-24-21-18-16-14-12-10-8-6-4-2/h11-14,17-19,21-23,26-29,41H,3-10,15-16,20,24-25,30-40,44H2,1-2H3,(H,47,48)/t41-/m1/s1. The SMILES string of the molecule is CCCCCC=CCC=CCC=CCC=CCCCC(=O)OC[C@H](COP(=O)(O)OCCN)OC(=O)CCCCC=CCC=CCC=CCCCCC. The first-order valence-corrected chi connectivity index (χ1v) is 21.6. The average molecular weight is 762 g/mol. The molecule has 0 aromatic heterocycles. The first-order valence-electron chi connectivity index (χ1n) is 20.1. The van der Waals surface area contributed by atoms with E-state index in [0.717, 1.165) is 57.8 Å². The lowest BCUT2D eigenvalue weighted by Crippen LogP contribution is -2.29. The third-order valence-corrected chi connectivity index (χ3v) is 8.74. The number of esters is 2. The average Bonchev–Trinajstić information content (AvgIpc) is 3.14. The number of hydrogen-bond donors (Lipinski definition) is 2. The fourth-order valence-electron chi connectivity index (χ4n) is 4.75. The number of carbonyl (C=O) groups is 2. The maximum Gasteiger partial charge on any atom is 0.472 e. The first kappa shape index (κ1) is 50.2. The van der Waals surface area contributed by atoms with Gasteiger partial charge in [-0.05, 0) is 89.9 Å². The zero-order valence-electron chi connectivity index (χ0n) is 33.0. The van der Waals surface area contributed by atoms with Crippen molar-refractivity contribution in [2.75, 3.05) is 26.4 Å². The Morgan fingerprint density at radius 2 is 0.981 bits per heavy atom. The summed E-state index contributed by atoms with van der Waals surface area (Å²) in [6.45, 7) is 3.53. The summed E-state index contributed by atoms with van der Waals surface area (Å²) < 4.78 is 32.6. The second kappa shape index (κ2) is 38.9. The molecule has 0 radical (unpaired) electrons. The van der Waals surface area contributed by atoms with Crippen molar-refractivity contribution in [3.8, 4) is 0 Å². The van der Waals surface area contributed by atoms with Gasteiger partial charge in [0.1, 0.15) is 6.61 Å². The lowest BCUT2D eigenvalue weighted by Gasteiger charge is -2.19. The molecule has 0 heterocycles. The normalized spacial score (nSPS) is 14.3. The summed E-state index contributed by atoms with van der Waals surface area (Å²) in [5, 5.41) is 0. The van der Waals surface area contributed by atoms with E-state index in [1.165, 1.54) is 44.9 Å². The maximum absolute atomic E-state index is 12.5. The van der Waals surface area contributed by atoms with E-state index in [9.17, 15) is 19.0 Å². The second-order valence-electron chi connectivity index (χ2n) is 12.8. The topological polar surface area (TPSA) is 134 Å². The van der Waals surface area contributed by atoms with Gasteiger partial charge in [-0.15, -0.1) is 0 Å². The monoisotopic (exact) mass is 761 g/mol. The molecule has 0 saturated heterocycles. The molecule has 0 aromatic carbocycles. The number of nitrogens with two attached hydrogens (primary N) is 1. The van der Waals surface area contributed by atoms with Crippen LogP contribution in [0.4, 0.5) is 0 Å².